The normalized spacial score (nSPS) is 33.2. The molecule has 0 aliphatic carbocycles. The molecular weight excluding hydrogens is 472 g/mol. The minimum Gasteiger partial charge on any atom is -0.465 e. The largest absolute Gasteiger partial charge is 0.465 e. The third-order valence-corrected chi connectivity index (χ3v) is 8.31. The zero-order chi connectivity index (χ0) is 26.5. The Balaban J connectivity index is 1.68. The molecule has 0 saturated carbocycles. The number of anilines is 1. The van der Waals surface area contributed by atoms with E-state index in [2.05, 4.69) is 0 Å². The number of aryl methyl sites for hydroxylation is 2. The van der Waals surface area contributed by atoms with Crippen molar-refractivity contribution in [2.75, 3.05) is 24.7 Å². The summed E-state index contributed by atoms with van der Waals surface area (Å²) < 4.78 is 12.2. The summed E-state index contributed by atoms with van der Waals surface area (Å²) in [7, 11) is 0. The number of hydrogen-bond donors (Lipinski definition) is 1. The van der Waals surface area contributed by atoms with E-state index in [9.17, 15) is 19.5 Å². The molecule has 0 aromatic heterocycles. The van der Waals surface area contributed by atoms with Gasteiger partial charge in [0, 0.05) is 12.2 Å². The van der Waals surface area contributed by atoms with Crippen molar-refractivity contribution in [3.63, 3.8) is 0 Å². The van der Waals surface area contributed by atoms with Gasteiger partial charge in [0.1, 0.15) is 17.6 Å². The van der Waals surface area contributed by atoms with Gasteiger partial charge in [0.25, 0.3) is 5.91 Å². The predicted molar refractivity (Wildman–Crippen MR) is 138 cm³/mol. The van der Waals surface area contributed by atoms with Gasteiger partial charge in [-0.15, -0.1) is 0 Å². The zero-order valence-electron chi connectivity index (χ0n) is 21.9. The first-order valence-corrected chi connectivity index (χ1v) is 13.2. The smallest absolute Gasteiger partial charge is 0.312 e. The fourth-order valence-electron chi connectivity index (χ4n) is 6.60. The van der Waals surface area contributed by atoms with E-state index in [-0.39, 0.29) is 30.9 Å². The number of fused-ring (bicyclic) bond motifs is 2. The minimum atomic E-state index is -1.35. The van der Waals surface area contributed by atoms with E-state index in [1.807, 2.05) is 70.2 Å². The lowest BCUT2D eigenvalue weighted by molar-refractivity contribution is -0.155. The van der Waals surface area contributed by atoms with E-state index in [4.69, 9.17) is 9.47 Å². The fourth-order valence-corrected chi connectivity index (χ4v) is 6.60. The number of ether oxygens (including phenoxy) is 2. The predicted octanol–water partition coefficient (Wildman–Crippen LogP) is 2.70. The van der Waals surface area contributed by atoms with Crippen LogP contribution in [-0.2, 0) is 23.9 Å². The lowest BCUT2D eigenvalue weighted by atomic mass is 9.78. The molecule has 2 saturated heterocycles. The first-order chi connectivity index (χ1) is 17.7. The van der Waals surface area contributed by atoms with Crippen LogP contribution in [0.4, 0.5) is 5.69 Å². The van der Waals surface area contributed by atoms with Gasteiger partial charge in [-0.2, -0.15) is 0 Å². The van der Waals surface area contributed by atoms with Gasteiger partial charge < -0.3 is 24.4 Å². The monoisotopic (exact) mass is 508 g/mol. The molecule has 4 heterocycles. The average Bonchev–Trinajstić information content (AvgIpc) is 3.26. The topological polar surface area (TPSA) is 96.4 Å². The number of cyclic esters (lactones) is 1. The highest BCUT2D eigenvalue weighted by molar-refractivity contribution is 6.06. The Bertz CT molecular complexity index is 1140. The highest BCUT2D eigenvalue weighted by Crippen LogP contribution is 2.54. The van der Waals surface area contributed by atoms with Gasteiger partial charge >= 0.3 is 5.97 Å². The number of nitrogens with zero attached hydrogens (tertiary/aromatic N) is 2. The Labute approximate surface area is 217 Å². The van der Waals surface area contributed by atoms with Gasteiger partial charge in [0.15, 0.2) is 0 Å². The molecule has 1 unspecified atom stereocenters. The maximum Gasteiger partial charge on any atom is 0.312 e. The van der Waals surface area contributed by atoms with Gasteiger partial charge in [0.2, 0.25) is 5.91 Å². The number of amides is 2. The molecule has 37 heavy (non-hydrogen) atoms. The van der Waals surface area contributed by atoms with E-state index >= 15 is 0 Å². The quantitative estimate of drug-likeness (QED) is 0.496. The Morgan fingerprint density at radius 3 is 2.51 bits per heavy atom. The molecule has 2 fully saturated rings. The molecule has 198 valence electrons. The molecule has 8 heteroatoms. The Hall–Kier alpha value is -2.97. The zero-order valence-corrected chi connectivity index (χ0v) is 21.9. The summed E-state index contributed by atoms with van der Waals surface area (Å²) >= 11 is 0. The molecule has 6 atom stereocenters. The third-order valence-electron chi connectivity index (χ3n) is 8.31. The molecule has 1 aromatic carbocycles. The number of hydrogen-bond acceptors (Lipinski definition) is 6. The molecule has 1 spiro atoms. The van der Waals surface area contributed by atoms with Gasteiger partial charge in [-0.1, -0.05) is 56.4 Å². The van der Waals surface area contributed by atoms with Crippen molar-refractivity contribution in [1.29, 1.82) is 0 Å². The van der Waals surface area contributed by atoms with E-state index < -0.39 is 41.6 Å². The summed E-state index contributed by atoms with van der Waals surface area (Å²) in [6.45, 7) is 8.02. The summed E-state index contributed by atoms with van der Waals surface area (Å²) in [4.78, 5) is 45.3. The number of aliphatic hydroxyl groups is 1. The van der Waals surface area contributed by atoms with E-state index in [1.54, 1.807) is 4.90 Å². The Kier molecular flexibility index (Phi) is 6.75. The number of para-hydroxylation sites is 1. The van der Waals surface area contributed by atoms with Crippen molar-refractivity contribution in [3.8, 4) is 0 Å². The second-order valence-electron chi connectivity index (χ2n) is 10.9. The summed E-state index contributed by atoms with van der Waals surface area (Å²) in [5, 5.41) is 10.4. The maximum atomic E-state index is 14.5. The third kappa shape index (κ3) is 3.92. The average molecular weight is 509 g/mol. The number of aliphatic hydroxyl groups excluding tert-OH is 1. The van der Waals surface area contributed by atoms with Crippen LogP contribution in [0.15, 0.2) is 42.5 Å². The first-order valence-electron chi connectivity index (χ1n) is 13.2. The summed E-state index contributed by atoms with van der Waals surface area (Å²) in [6, 6.07) is 4.23. The Morgan fingerprint density at radius 2 is 1.84 bits per heavy atom. The van der Waals surface area contributed by atoms with Crippen molar-refractivity contribution in [2.45, 2.75) is 64.3 Å². The van der Waals surface area contributed by atoms with Gasteiger partial charge in [0.05, 0.1) is 31.3 Å². The van der Waals surface area contributed by atoms with Crippen LogP contribution in [0.3, 0.4) is 0 Å². The Morgan fingerprint density at radius 1 is 1.11 bits per heavy atom. The molecule has 1 aromatic rings. The second kappa shape index (κ2) is 9.72. The molecule has 4 aliphatic heterocycles. The van der Waals surface area contributed by atoms with Gasteiger partial charge in [-0.05, 0) is 43.7 Å². The fraction of sp³-hybridized carbons (Fsp3) is 0.552. The molecule has 0 radical (unpaired) electrons. The van der Waals surface area contributed by atoms with Crippen molar-refractivity contribution in [2.24, 2.45) is 17.8 Å². The van der Waals surface area contributed by atoms with E-state index in [0.29, 0.717) is 13.0 Å². The number of allylic oxidation sites excluding steroid dienone is 1. The highest BCUT2D eigenvalue weighted by atomic mass is 16.6. The van der Waals surface area contributed by atoms with Crippen molar-refractivity contribution >= 4 is 23.5 Å². The molecular formula is C29H36N2O6. The van der Waals surface area contributed by atoms with Crippen LogP contribution in [0.25, 0.3) is 0 Å². The summed E-state index contributed by atoms with van der Waals surface area (Å²) in [5.41, 5.74) is 1.35. The van der Waals surface area contributed by atoms with Crippen LogP contribution in [0, 0.1) is 31.6 Å². The minimum absolute atomic E-state index is 0.123. The van der Waals surface area contributed by atoms with Crippen LogP contribution in [0.5, 0.6) is 0 Å². The van der Waals surface area contributed by atoms with Crippen LogP contribution >= 0.6 is 0 Å². The van der Waals surface area contributed by atoms with Crippen LogP contribution in [0.1, 0.15) is 37.8 Å². The molecule has 4 aliphatic rings. The number of benzene rings is 1. The van der Waals surface area contributed by atoms with Crippen molar-refractivity contribution in [1.82, 2.24) is 4.90 Å². The number of carbonyl (C=O) groups excluding carboxylic acids is 3. The molecule has 2 amide bonds. The van der Waals surface area contributed by atoms with E-state index in [1.165, 1.54) is 4.90 Å². The van der Waals surface area contributed by atoms with Crippen LogP contribution in [0.2, 0.25) is 0 Å². The molecule has 0 bridgehead atoms. The summed E-state index contributed by atoms with van der Waals surface area (Å²) in [6.07, 6.45) is 8.25. The van der Waals surface area contributed by atoms with Crippen LogP contribution in [-0.4, -0.2) is 71.3 Å². The highest BCUT2D eigenvalue weighted by Gasteiger charge is 2.72. The number of rotatable bonds is 4. The number of carbonyl (C=O) groups is 3. The molecule has 1 N–H and O–H groups in total. The number of likely N-dealkylation sites (tertiary alicyclic amines) is 1. The first kappa shape index (κ1) is 25.7. The van der Waals surface area contributed by atoms with Crippen molar-refractivity contribution in [3.05, 3.63) is 53.6 Å². The second-order valence-corrected chi connectivity index (χ2v) is 10.9. The molecule has 8 nitrogen and oxygen atoms in total. The van der Waals surface area contributed by atoms with Crippen LogP contribution < -0.4 is 4.90 Å². The number of esters is 1. The standard InChI is InChI=1S/C29H36N2O6/c1-17(2)20(16-32)31-25-27(34)30(24-18(3)10-8-11-19(24)4)14-9-13-29(25)23(26(31)33)22-21(37-29)12-6-5-7-15-36-28(22)35/h6,8-13,17,20-23,25,32H,5,7,14-16H2,1-4H3/b12-6-/t20-,21+,22-,23-,25?,29-/m0/s1. The molecule has 5 rings (SSSR count). The van der Waals surface area contributed by atoms with Gasteiger partial charge in [-0.25, -0.2) is 0 Å². The SMILES string of the molecule is Cc1cccc(C)c1N1CC=C[C@]23O[C@@H]4/C=C\CCCOC(=O)[C@@H]4[C@H]2C(=O)N([C@@H](CO)C(C)C)C3C1=O. The van der Waals surface area contributed by atoms with E-state index in [0.717, 1.165) is 23.2 Å². The maximum absolute atomic E-state index is 14.5. The lowest BCUT2D eigenvalue weighted by Crippen LogP contribution is -2.59. The summed E-state index contributed by atoms with van der Waals surface area (Å²) in [5.74, 6) is -3.03. The lowest BCUT2D eigenvalue weighted by Gasteiger charge is -2.40. The van der Waals surface area contributed by atoms with Crippen molar-refractivity contribution < 1.29 is 29.0 Å². The van der Waals surface area contributed by atoms with Gasteiger partial charge in [-0.3, -0.25) is 14.4 Å².